The van der Waals surface area contributed by atoms with Crippen LogP contribution in [0.5, 0.6) is 0 Å². The fraction of sp³-hybridized carbons (Fsp3) is 0.562. The first-order chi connectivity index (χ1) is 8.50. The van der Waals surface area contributed by atoms with Gasteiger partial charge in [-0.15, -0.1) is 0 Å². The molecule has 0 aliphatic heterocycles. The lowest BCUT2D eigenvalue weighted by Gasteiger charge is -2.34. The van der Waals surface area contributed by atoms with Gasteiger partial charge in [0.15, 0.2) is 5.78 Å². The van der Waals surface area contributed by atoms with Gasteiger partial charge in [0.1, 0.15) is 0 Å². The van der Waals surface area contributed by atoms with E-state index >= 15 is 0 Å². The third-order valence-corrected chi connectivity index (χ3v) is 4.56. The van der Waals surface area contributed by atoms with Gasteiger partial charge in [0.25, 0.3) is 0 Å². The topological polar surface area (TPSA) is 20.3 Å². The largest absolute Gasteiger partial charge is 0.297 e. The number of carbonyl (C=O) groups excluding carboxylic acids is 1. The van der Waals surface area contributed by atoms with Crippen LogP contribution in [0.25, 0.3) is 0 Å². The molecule has 3 unspecified atom stereocenters. The molecule has 18 heavy (non-hydrogen) atoms. The third kappa shape index (κ3) is 2.22. The lowest BCUT2D eigenvalue weighted by Crippen LogP contribution is -2.49. The van der Waals surface area contributed by atoms with Crippen LogP contribution in [0.15, 0.2) is 30.3 Å². The molecule has 3 atom stereocenters. The van der Waals surface area contributed by atoms with Crippen molar-refractivity contribution < 1.29 is 4.79 Å². The molecule has 0 saturated heterocycles. The third-order valence-electron chi connectivity index (χ3n) is 4.56. The second-order valence-electron chi connectivity index (χ2n) is 5.75. The van der Waals surface area contributed by atoms with E-state index in [1.165, 1.54) is 5.56 Å². The number of hydrogen-bond donors (Lipinski definition) is 0. The molecule has 0 amide bonds. The van der Waals surface area contributed by atoms with Gasteiger partial charge in [-0.25, -0.2) is 0 Å². The minimum Gasteiger partial charge on any atom is -0.297 e. The van der Waals surface area contributed by atoms with E-state index in [-0.39, 0.29) is 11.5 Å². The molecule has 2 nitrogen and oxygen atoms in total. The summed E-state index contributed by atoms with van der Waals surface area (Å²) >= 11 is 0. The van der Waals surface area contributed by atoms with Gasteiger partial charge in [0.05, 0.1) is 5.54 Å². The Kier molecular flexibility index (Phi) is 3.58. The maximum Gasteiger partial charge on any atom is 0.156 e. The molecule has 0 bridgehead atoms. The van der Waals surface area contributed by atoms with Crippen LogP contribution in [-0.2, 0) is 4.79 Å². The van der Waals surface area contributed by atoms with Crippen LogP contribution in [0.1, 0.15) is 38.2 Å². The summed E-state index contributed by atoms with van der Waals surface area (Å²) in [7, 11) is 4.00. The van der Waals surface area contributed by atoms with E-state index in [2.05, 4.69) is 43.0 Å². The molecule has 1 fully saturated rings. The van der Waals surface area contributed by atoms with Crippen molar-refractivity contribution in [2.24, 2.45) is 5.92 Å². The van der Waals surface area contributed by atoms with Crippen molar-refractivity contribution in [3.63, 3.8) is 0 Å². The highest BCUT2D eigenvalue weighted by Crippen LogP contribution is 2.50. The highest BCUT2D eigenvalue weighted by molar-refractivity contribution is 5.93. The summed E-state index contributed by atoms with van der Waals surface area (Å²) in [5.41, 5.74) is 1.00. The molecular weight excluding hydrogens is 222 g/mol. The summed E-state index contributed by atoms with van der Waals surface area (Å²) in [5.74, 6) is 1.08. The minimum absolute atomic E-state index is 0.222. The lowest BCUT2D eigenvalue weighted by atomic mass is 9.88. The van der Waals surface area contributed by atoms with Gasteiger partial charge in [-0.2, -0.15) is 0 Å². The van der Waals surface area contributed by atoms with E-state index < -0.39 is 0 Å². The summed E-state index contributed by atoms with van der Waals surface area (Å²) < 4.78 is 0. The average molecular weight is 245 g/mol. The number of benzene rings is 1. The first-order valence-corrected chi connectivity index (χ1v) is 6.77. The van der Waals surface area contributed by atoms with Crippen molar-refractivity contribution in [1.82, 2.24) is 4.90 Å². The first kappa shape index (κ1) is 13.3. The number of carbonyl (C=O) groups is 1. The number of Topliss-reactive ketones (excluding diaryl/α,β-unsaturated/α-hetero) is 1. The molecule has 0 radical (unpaired) electrons. The van der Waals surface area contributed by atoms with E-state index in [0.29, 0.717) is 11.7 Å². The smallest absolute Gasteiger partial charge is 0.156 e. The summed E-state index contributed by atoms with van der Waals surface area (Å²) in [6.07, 6.45) is 1.89. The Hall–Kier alpha value is -1.15. The van der Waals surface area contributed by atoms with E-state index in [9.17, 15) is 4.79 Å². The highest BCUT2D eigenvalue weighted by Gasteiger charge is 2.50. The molecule has 0 heterocycles. The maximum atomic E-state index is 12.6. The molecule has 0 spiro atoms. The van der Waals surface area contributed by atoms with Gasteiger partial charge >= 0.3 is 0 Å². The molecule has 1 aliphatic carbocycles. The van der Waals surface area contributed by atoms with E-state index in [1.54, 1.807) is 0 Å². The Morgan fingerprint density at radius 2 is 1.94 bits per heavy atom. The van der Waals surface area contributed by atoms with Crippen molar-refractivity contribution in [2.45, 2.75) is 38.1 Å². The Labute approximate surface area is 110 Å². The number of nitrogens with zero attached hydrogens (tertiary/aromatic N) is 1. The standard InChI is InChI=1S/C16H23NO/c1-5-16(2,17(3)4)15(18)14-11-13(14)12-9-7-6-8-10-12/h6-10,13-14H,5,11H2,1-4H3. The molecular formula is C16H23NO. The van der Waals surface area contributed by atoms with Crippen LogP contribution in [0, 0.1) is 5.92 Å². The van der Waals surface area contributed by atoms with Crippen LogP contribution in [0.3, 0.4) is 0 Å². The van der Waals surface area contributed by atoms with E-state index in [1.807, 2.05) is 20.2 Å². The zero-order chi connectivity index (χ0) is 13.3. The number of rotatable bonds is 5. The van der Waals surface area contributed by atoms with Crippen molar-refractivity contribution >= 4 is 5.78 Å². The SMILES string of the molecule is CCC(C)(C(=O)C1CC1c1ccccc1)N(C)C. The molecule has 0 aromatic heterocycles. The molecule has 2 rings (SSSR count). The number of hydrogen-bond acceptors (Lipinski definition) is 2. The van der Waals surface area contributed by atoms with Crippen molar-refractivity contribution in [3.05, 3.63) is 35.9 Å². The van der Waals surface area contributed by atoms with Gasteiger partial charge in [-0.3, -0.25) is 9.69 Å². The summed E-state index contributed by atoms with van der Waals surface area (Å²) in [5, 5.41) is 0. The lowest BCUT2D eigenvalue weighted by molar-refractivity contribution is -0.130. The van der Waals surface area contributed by atoms with Gasteiger partial charge < -0.3 is 0 Å². The second-order valence-corrected chi connectivity index (χ2v) is 5.75. The molecule has 1 aromatic rings. The average Bonchev–Trinajstić information content (AvgIpc) is 3.18. The molecule has 2 heteroatoms. The normalized spacial score (nSPS) is 25.8. The minimum atomic E-state index is -0.311. The Morgan fingerprint density at radius 1 is 1.33 bits per heavy atom. The van der Waals surface area contributed by atoms with E-state index in [0.717, 1.165) is 12.8 Å². The van der Waals surface area contributed by atoms with Gasteiger partial charge in [0.2, 0.25) is 0 Å². The molecule has 1 saturated carbocycles. The predicted molar refractivity (Wildman–Crippen MR) is 74.7 cm³/mol. The quantitative estimate of drug-likeness (QED) is 0.794. The summed E-state index contributed by atoms with van der Waals surface area (Å²) in [4.78, 5) is 14.7. The first-order valence-electron chi connectivity index (χ1n) is 6.77. The van der Waals surface area contributed by atoms with Crippen LogP contribution in [0.2, 0.25) is 0 Å². The summed E-state index contributed by atoms with van der Waals surface area (Å²) in [6.45, 7) is 4.16. The second kappa shape index (κ2) is 4.85. The van der Waals surface area contributed by atoms with Crippen molar-refractivity contribution in [3.8, 4) is 0 Å². The highest BCUT2D eigenvalue weighted by atomic mass is 16.1. The zero-order valence-corrected chi connectivity index (χ0v) is 11.8. The summed E-state index contributed by atoms with van der Waals surface area (Å²) in [6, 6.07) is 10.4. The van der Waals surface area contributed by atoms with Crippen molar-refractivity contribution in [1.29, 1.82) is 0 Å². The Morgan fingerprint density at radius 3 is 2.44 bits per heavy atom. The zero-order valence-electron chi connectivity index (χ0n) is 11.8. The molecule has 98 valence electrons. The molecule has 1 aliphatic rings. The molecule has 1 aromatic carbocycles. The fourth-order valence-corrected chi connectivity index (χ4v) is 2.66. The number of likely N-dealkylation sites (N-methyl/N-ethyl adjacent to an activating group) is 1. The predicted octanol–water partition coefficient (Wildman–Crippen LogP) is 3.09. The Balaban J connectivity index is 2.10. The van der Waals surface area contributed by atoms with Gasteiger partial charge in [0, 0.05) is 5.92 Å². The van der Waals surface area contributed by atoms with Gasteiger partial charge in [-0.05, 0) is 45.3 Å². The maximum absolute atomic E-state index is 12.6. The number of ketones is 1. The molecule has 0 N–H and O–H groups in total. The van der Waals surface area contributed by atoms with E-state index in [4.69, 9.17) is 0 Å². The van der Waals surface area contributed by atoms with Crippen LogP contribution >= 0.6 is 0 Å². The van der Waals surface area contributed by atoms with Crippen LogP contribution in [0.4, 0.5) is 0 Å². The monoisotopic (exact) mass is 245 g/mol. The van der Waals surface area contributed by atoms with Gasteiger partial charge in [-0.1, -0.05) is 37.3 Å². The van der Waals surface area contributed by atoms with Crippen molar-refractivity contribution in [2.75, 3.05) is 14.1 Å². The van der Waals surface area contributed by atoms with Crippen LogP contribution in [-0.4, -0.2) is 30.3 Å². The van der Waals surface area contributed by atoms with Crippen LogP contribution < -0.4 is 0 Å². The fourth-order valence-electron chi connectivity index (χ4n) is 2.66. The Bertz CT molecular complexity index is 426.